The van der Waals surface area contributed by atoms with E-state index in [1.54, 1.807) is 0 Å². The van der Waals surface area contributed by atoms with Gasteiger partial charge in [-0.2, -0.15) is 0 Å². The van der Waals surface area contributed by atoms with Crippen molar-refractivity contribution in [1.82, 2.24) is 9.97 Å². The lowest BCUT2D eigenvalue weighted by molar-refractivity contribution is 0.113. The Labute approximate surface area is 104 Å². The lowest BCUT2D eigenvalue weighted by Gasteiger charge is -2.09. The van der Waals surface area contributed by atoms with Crippen LogP contribution in [0.3, 0.4) is 0 Å². The van der Waals surface area contributed by atoms with Crippen molar-refractivity contribution in [3.05, 3.63) is 23.8 Å². The lowest BCUT2D eigenvalue weighted by atomic mass is 10.1. The van der Waals surface area contributed by atoms with Crippen LogP contribution in [-0.2, 0) is 4.74 Å². The Morgan fingerprint density at radius 3 is 3.17 bits per heavy atom. The number of imidazole rings is 1. The summed E-state index contributed by atoms with van der Waals surface area (Å²) in [6.07, 6.45) is 2.17. The van der Waals surface area contributed by atoms with Crippen LogP contribution in [0.5, 0.6) is 0 Å². The second-order valence-corrected chi connectivity index (χ2v) is 4.32. The Morgan fingerprint density at radius 2 is 2.44 bits per heavy atom. The largest absolute Gasteiger partial charge is 0.373 e. The molecule has 6 heteroatoms. The molecular formula is C12H14N4O2. The molecular weight excluding hydrogens is 232 g/mol. The van der Waals surface area contributed by atoms with Gasteiger partial charge in [0.1, 0.15) is 0 Å². The summed E-state index contributed by atoms with van der Waals surface area (Å²) >= 11 is 0. The Hall–Kier alpha value is -2.08. The van der Waals surface area contributed by atoms with Crippen molar-refractivity contribution < 1.29 is 9.53 Å². The normalized spacial score (nSPS) is 19.2. The van der Waals surface area contributed by atoms with Gasteiger partial charge in [0, 0.05) is 12.2 Å². The minimum absolute atomic E-state index is 0.0958. The third-order valence-corrected chi connectivity index (χ3v) is 3.06. The van der Waals surface area contributed by atoms with Gasteiger partial charge >= 0.3 is 6.03 Å². The van der Waals surface area contributed by atoms with Crippen LogP contribution in [0.25, 0.3) is 11.0 Å². The van der Waals surface area contributed by atoms with E-state index < -0.39 is 6.03 Å². The number of amides is 2. The average molecular weight is 246 g/mol. The van der Waals surface area contributed by atoms with Crippen molar-refractivity contribution in [3.8, 4) is 0 Å². The summed E-state index contributed by atoms with van der Waals surface area (Å²) in [5.74, 6) is 0.364. The molecule has 0 aliphatic carbocycles. The SMILES string of the molecule is NC(=O)Nc1nc2c([C@H]3CCCO3)cccc2[nH]1. The Kier molecular flexibility index (Phi) is 2.64. The van der Waals surface area contributed by atoms with Crippen LogP contribution < -0.4 is 11.1 Å². The van der Waals surface area contributed by atoms with Crippen molar-refractivity contribution in [3.63, 3.8) is 0 Å². The fraction of sp³-hybridized carbons (Fsp3) is 0.333. The number of para-hydroxylation sites is 1. The summed E-state index contributed by atoms with van der Waals surface area (Å²) in [5, 5.41) is 2.44. The lowest BCUT2D eigenvalue weighted by Crippen LogP contribution is -2.19. The highest BCUT2D eigenvalue weighted by atomic mass is 16.5. The van der Waals surface area contributed by atoms with E-state index in [0.29, 0.717) is 5.95 Å². The van der Waals surface area contributed by atoms with Gasteiger partial charge in [0.25, 0.3) is 0 Å². The number of nitrogens with one attached hydrogen (secondary N) is 2. The van der Waals surface area contributed by atoms with Crippen molar-refractivity contribution >= 4 is 23.0 Å². The molecule has 1 aliphatic heterocycles. The molecule has 1 fully saturated rings. The van der Waals surface area contributed by atoms with E-state index in [-0.39, 0.29) is 6.10 Å². The number of aromatic amines is 1. The molecule has 0 unspecified atom stereocenters. The number of nitrogens with zero attached hydrogens (tertiary/aromatic N) is 1. The van der Waals surface area contributed by atoms with Gasteiger partial charge in [-0.1, -0.05) is 12.1 Å². The summed E-state index contributed by atoms with van der Waals surface area (Å²) in [4.78, 5) is 18.2. The summed E-state index contributed by atoms with van der Waals surface area (Å²) in [6.45, 7) is 0.790. The first-order valence-corrected chi connectivity index (χ1v) is 5.91. The first kappa shape index (κ1) is 11.0. The number of fused-ring (bicyclic) bond motifs is 1. The maximum Gasteiger partial charge on any atom is 0.318 e. The fourth-order valence-corrected chi connectivity index (χ4v) is 2.31. The van der Waals surface area contributed by atoms with Crippen LogP contribution in [0, 0.1) is 0 Å². The van der Waals surface area contributed by atoms with E-state index in [1.165, 1.54) is 0 Å². The molecule has 0 saturated carbocycles. The molecule has 1 atom stereocenters. The molecule has 6 nitrogen and oxygen atoms in total. The summed E-state index contributed by atoms with van der Waals surface area (Å²) in [7, 11) is 0. The number of nitrogens with two attached hydrogens (primary N) is 1. The highest BCUT2D eigenvalue weighted by Gasteiger charge is 2.21. The predicted octanol–water partition coefficient (Wildman–Crippen LogP) is 1.91. The maximum atomic E-state index is 10.8. The second-order valence-electron chi connectivity index (χ2n) is 4.32. The summed E-state index contributed by atoms with van der Waals surface area (Å²) in [6, 6.07) is 5.24. The van der Waals surface area contributed by atoms with Gasteiger partial charge in [0.2, 0.25) is 5.95 Å². The van der Waals surface area contributed by atoms with Crippen LogP contribution in [0.4, 0.5) is 10.7 Å². The number of H-pyrrole nitrogens is 1. The monoisotopic (exact) mass is 246 g/mol. The standard InChI is InChI=1S/C12H14N4O2/c13-11(17)16-12-14-8-4-1-3-7(10(8)15-12)9-5-2-6-18-9/h1,3-4,9H,2,5-6H2,(H4,13,14,15,16,17)/t9-/m1/s1. The number of hydrogen-bond donors (Lipinski definition) is 3. The third-order valence-electron chi connectivity index (χ3n) is 3.06. The van der Waals surface area contributed by atoms with E-state index in [2.05, 4.69) is 15.3 Å². The minimum Gasteiger partial charge on any atom is -0.373 e. The number of primary amides is 1. The van der Waals surface area contributed by atoms with Crippen molar-refractivity contribution in [2.75, 3.05) is 11.9 Å². The molecule has 94 valence electrons. The number of rotatable bonds is 2. The zero-order valence-electron chi connectivity index (χ0n) is 9.77. The maximum absolute atomic E-state index is 10.8. The Bertz CT molecular complexity index is 587. The van der Waals surface area contributed by atoms with Crippen LogP contribution in [-0.4, -0.2) is 22.6 Å². The van der Waals surface area contributed by atoms with Crippen molar-refractivity contribution in [2.24, 2.45) is 5.73 Å². The van der Waals surface area contributed by atoms with E-state index in [0.717, 1.165) is 36.0 Å². The number of urea groups is 1. The first-order chi connectivity index (χ1) is 8.74. The molecule has 1 saturated heterocycles. The highest BCUT2D eigenvalue weighted by Crippen LogP contribution is 2.32. The first-order valence-electron chi connectivity index (χ1n) is 5.91. The van der Waals surface area contributed by atoms with Gasteiger partial charge in [0.15, 0.2) is 0 Å². The van der Waals surface area contributed by atoms with Gasteiger partial charge in [-0.15, -0.1) is 0 Å². The van der Waals surface area contributed by atoms with Crippen molar-refractivity contribution in [2.45, 2.75) is 18.9 Å². The number of carbonyl (C=O) groups is 1. The molecule has 2 heterocycles. The quantitative estimate of drug-likeness (QED) is 0.755. The second kappa shape index (κ2) is 4.30. The van der Waals surface area contributed by atoms with Crippen LogP contribution >= 0.6 is 0 Å². The molecule has 0 bridgehead atoms. The topological polar surface area (TPSA) is 93.0 Å². The molecule has 2 amide bonds. The van der Waals surface area contributed by atoms with Gasteiger partial charge in [-0.25, -0.2) is 9.78 Å². The van der Waals surface area contributed by atoms with Gasteiger partial charge in [-0.05, 0) is 18.9 Å². The third kappa shape index (κ3) is 1.91. The molecule has 1 aliphatic rings. The average Bonchev–Trinajstić information content (AvgIpc) is 2.94. The number of anilines is 1. The zero-order valence-corrected chi connectivity index (χ0v) is 9.77. The highest BCUT2D eigenvalue weighted by molar-refractivity contribution is 5.89. The van der Waals surface area contributed by atoms with Crippen LogP contribution in [0.15, 0.2) is 18.2 Å². The molecule has 3 rings (SSSR count). The fourth-order valence-electron chi connectivity index (χ4n) is 2.31. The van der Waals surface area contributed by atoms with E-state index in [4.69, 9.17) is 10.5 Å². The molecule has 2 aromatic rings. The number of ether oxygens (including phenoxy) is 1. The molecule has 1 aromatic carbocycles. The number of benzene rings is 1. The Balaban J connectivity index is 2.03. The van der Waals surface area contributed by atoms with E-state index in [9.17, 15) is 4.79 Å². The molecule has 18 heavy (non-hydrogen) atoms. The summed E-state index contributed by atoms with van der Waals surface area (Å²) < 4.78 is 5.67. The number of hydrogen-bond acceptors (Lipinski definition) is 3. The van der Waals surface area contributed by atoms with E-state index >= 15 is 0 Å². The minimum atomic E-state index is -0.632. The summed E-state index contributed by atoms with van der Waals surface area (Å²) in [5.41, 5.74) is 7.82. The molecule has 0 spiro atoms. The van der Waals surface area contributed by atoms with Gasteiger partial charge in [0.05, 0.1) is 17.1 Å². The Morgan fingerprint density at radius 1 is 1.56 bits per heavy atom. The number of aromatic nitrogens is 2. The van der Waals surface area contributed by atoms with Gasteiger partial charge in [-0.3, -0.25) is 5.32 Å². The predicted molar refractivity (Wildman–Crippen MR) is 67.2 cm³/mol. The van der Waals surface area contributed by atoms with Crippen LogP contribution in [0.2, 0.25) is 0 Å². The van der Waals surface area contributed by atoms with Crippen LogP contribution in [0.1, 0.15) is 24.5 Å². The molecule has 1 aromatic heterocycles. The number of carbonyl (C=O) groups excluding carboxylic acids is 1. The zero-order chi connectivity index (χ0) is 12.5. The molecule has 0 radical (unpaired) electrons. The smallest absolute Gasteiger partial charge is 0.318 e. The molecule has 4 N–H and O–H groups in total. The van der Waals surface area contributed by atoms with E-state index in [1.807, 2.05) is 18.2 Å². The van der Waals surface area contributed by atoms with Crippen molar-refractivity contribution in [1.29, 1.82) is 0 Å². The van der Waals surface area contributed by atoms with Gasteiger partial charge < -0.3 is 15.5 Å².